The molecule has 1 fully saturated rings. The minimum absolute atomic E-state index is 0.0817. The van der Waals surface area contributed by atoms with Gasteiger partial charge in [-0.05, 0) is 31.9 Å². The maximum absolute atomic E-state index is 11.8. The molecule has 2 rings (SSSR count). The van der Waals surface area contributed by atoms with Gasteiger partial charge in [0.05, 0.1) is 32.5 Å². The topological polar surface area (TPSA) is 66.6 Å². The Balaban J connectivity index is 0.000000505. The first-order chi connectivity index (χ1) is 11.6. The van der Waals surface area contributed by atoms with Crippen molar-refractivity contribution in [2.45, 2.75) is 27.2 Å². The second-order valence-corrected chi connectivity index (χ2v) is 5.68. The second kappa shape index (κ2) is 11.7. The van der Waals surface area contributed by atoms with E-state index in [4.69, 9.17) is 4.74 Å². The molecule has 2 N–H and O–H groups in total. The number of amides is 1. The number of ether oxygens (including phenoxy) is 2. The van der Waals surface area contributed by atoms with Crippen LogP contribution in [0, 0.1) is 13.8 Å². The molecule has 0 bridgehead atoms. The molecule has 1 amide bonds. The van der Waals surface area contributed by atoms with Crippen LogP contribution < -0.4 is 5.32 Å². The third-order valence-electron chi connectivity index (χ3n) is 3.98. The number of nitrogens with zero attached hydrogens (tertiary/aromatic N) is 1. The van der Waals surface area contributed by atoms with Crippen LogP contribution in [0.2, 0.25) is 0 Å². The Morgan fingerprint density at radius 3 is 2.67 bits per heavy atom. The third kappa shape index (κ3) is 7.66. The van der Waals surface area contributed by atoms with Crippen molar-refractivity contribution in [1.82, 2.24) is 15.2 Å². The van der Waals surface area contributed by atoms with Crippen LogP contribution in [-0.2, 0) is 20.7 Å². The molecule has 0 atom stereocenters. The van der Waals surface area contributed by atoms with Crippen molar-refractivity contribution in [2.24, 2.45) is 0 Å². The van der Waals surface area contributed by atoms with Gasteiger partial charge in [0, 0.05) is 38.1 Å². The van der Waals surface area contributed by atoms with Crippen LogP contribution in [0.25, 0.3) is 0 Å². The van der Waals surface area contributed by atoms with Crippen molar-refractivity contribution in [3.05, 3.63) is 35.9 Å². The summed E-state index contributed by atoms with van der Waals surface area (Å²) >= 11 is 0. The quantitative estimate of drug-likeness (QED) is 0.745. The number of hydrogen-bond acceptors (Lipinski definition) is 4. The van der Waals surface area contributed by atoms with E-state index in [2.05, 4.69) is 26.5 Å². The highest BCUT2D eigenvalue weighted by Crippen LogP contribution is 2.11. The fourth-order valence-electron chi connectivity index (χ4n) is 2.35. The van der Waals surface area contributed by atoms with Gasteiger partial charge in [-0.25, -0.2) is 0 Å². The van der Waals surface area contributed by atoms with E-state index < -0.39 is 0 Å². The highest BCUT2D eigenvalue weighted by atomic mass is 16.5. The first-order valence-corrected chi connectivity index (χ1v) is 8.51. The van der Waals surface area contributed by atoms with Crippen LogP contribution in [-0.4, -0.2) is 61.8 Å². The number of morpholine rings is 1. The Kier molecular flexibility index (Phi) is 9.88. The molecule has 0 aliphatic carbocycles. The van der Waals surface area contributed by atoms with E-state index in [9.17, 15) is 4.79 Å². The number of H-pyrrole nitrogens is 1. The Bertz CT molecular complexity index is 494. The highest BCUT2D eigenvalue weighted by molar-refractivity contribution is 5.78. The van der Waals surface area contributed by atoms with E-state index in [0.717, 1.165) is 45.1 Å². The smallest absolute Gasteiger partial charge is 0.225 e. The van der Waals surface area contributed by atoms with Gasteiger partial charge in [-0.2, -0.15) is 0 Å². The molecule has 6 nitrogen and oxygen atoms in total. The first-order valence-electron chi connectivity index (χ1n) is 8.51. The van der Waals surface area contributed by atoms with Crippen LogP contribution in [0.3, 0.4) is 0 Å². The summed E-state index contributed by atoms with van der Waals surface area (Å²) < 4.78 is 9.89. The molecule has 1 aromatic heterocycles. The Labute approximate surface area is 145 Å². The number of nitrogens with one attached hydrogen (secondary N) is 2. The number of aromatic amines is 1. The number of aryl methyl sites for hydroxylation is 1. The maximum Gasteiger partial charge on any atom is 0.225 e. The van der Waals surface area contributed by atoms with Gasteiger partial charge in [0.2, 0.25) is 5.91 Å². The Morgan fingerprint density at radius 2 is 2.17 bits per heavy atom. The van der Waals surface area contributed by atoms with Gasteiger partial charge in [-0.15, -0.1) is 0 Å². The van der Waals surface area contributed by atoms with E-state index in [-0.39, 0.29) is 5.91 Å². The fraction of sp³-hybridized carbons (Fsp3) is 0.611. The normalized spacial score (nSPS) is 14.5. The molecule has 136 valence electrons. The second-order valence-electron chi connectivity index (χ2n) is 5.68. The van der Waals surface area contributed by atoms with E-state index >= 15 is 0 Å². The fourth-order valence-corrected chi connectivity index (χ4v) is 2.35. The third-order valence-corrected chi connectivity index (χ3v) is 3.98. The summed E-state index contributed by atoms with van der Waals surface area (Å²) in [6, 6.07) is 0. The number of aromatic nitrogens is 1. The molecule has 1 saturated heterocycles. The average Bonchev–Trinajstić information content (AvgIpc) is 2.89. The lowest BCUT2D eigenvalue weighted by molar-refractivity contribution is -0.120. The largest absolute Gasteiger partial charge is 0.502 e. The lowest BCUT2D eigenvalue weighted by Gasteiger charge is -2.26. The number of carbonyl (C=O) groups excluding carboxylic acids is 1. The predicted molar refractivity (Wildman–Crippen MR) is 96.1 cm³/mol. The van der Waals surface area contributed by atoms with Crippen LogP contribution in [0.5, 0.6) is 0 Å². The number of carbonyl (C=O) groups is 1. The van der Waals surface area contributed by atoms with Crippen LogP contribution in [0.4, 0.5) is 0 Å². The molecule has 24 heavy (non-hydrogen) atoms. The van der Waals surface area contributed by atoms with Crippen molar-refractivity contribution in [3.63, 3.8) is 0 Å². The Morgan fingerprint density at radius 1 is 1.46 bits per heavy atom. The van der Waals surface area contributed by atoms with Crippen molar-refractivity contribution in [3.8, 4) is 0 Å². The summed E-state index contributed by atoms with van der Waals surface area (Å²) in [5, 5.41) is 2.97. The molecule has 0 radical (unpaired) electrons. The van der Waals surface area contributed by atoms with Crippen LogP contribution >= 0.6 is 0 Å². The molecule has 0 saturated carbocycles. The highest BCUT2D eigenvalue weighted by Gasteiger charge is 2.11. The molecular formula is C18H31N3O3. The van der Waals surface area contributed by atoms with Crippen LogP contribution in [0.15, 0.2) is 19.0 Å². The monoisotopic (exact) mass is 337 g/mol. The molecule has 1 aliphatic rings. The molecule has 1 aromatic rings. The van der Waals surface area contributed by atoms with Crippen LogP contribution in [0.1, 0.15) is 23.7 Å². The van der Waals surface area contributed by atoms with Gasteiger partial charge in [0.25, 0.3) is 0 Å². The minimum atomic E-state index is 0.0817. The summed E-state index contributed by atoms with van der Waals surface area (Å²) in [7, 11) is 0. The van der Waals surface area contributed by atoms with Gasteiger partial charge in [0.1, 0.15) is 0 Å². The van der Waals surface area contributed by atoms with Crippen molar-refractivity contribution >= 4 is 5.91 Å². The van der Waals surface area contributed by atoms with Gasteiger partial charge in [0.15, 0.2) is 0 Å². The summed E-state index contributed by atoms with van der Waals surface area (Å²) in [5.74, 6) is 0.0817. The molecule has 2 heterocycles. The van der Waals surface area contributed by atoms with Crippen molar-refractivity contribution in [2.75, 3.05) is 46.0 Å². The van der Waals surface area contributed by atoms with Gasteiger partial charge >= 0.3 is 0 Å². The van der Waals surface area contributed by atoms with Gasteiger partial charge < -0.3 is 19.8 Å². The van der Waals surface area contributed by atoms with Gasteiger partial charge in [-0.1, -0.05) is 6.58 Å². The SMILES string of the molecule is C=COCC.Cc1c[nH]c(CC(=O)NCCN2CCOCC2)c1C. The zero-order valence-corrected chi connectivity index (χ0v) is 15.2. The lowest BCUT2D eigenvalue weighted by atomic mass is 10.1. The number of rotatable bonds is 7. The lowest BCUT2D eigenvalue weighted by Crippen LogP contribution is -2.41. The predicted octanol–water partition coefficient (Wildman–Crippen LogP) is 1.79. The zero-order valence-electron chi connectivity index (χ0n) is 15.2. The Hall–Kier alpha value is -1.79. The number of hydrogen-bond donors (Lipinski definition) is 2. The van der Waals surface area contributed by atoms with E-state index in [1.807, 2.05) is 27.0 Å². The minimum Gasteiger partial charge on any atom is -0.502 e. The zero-order chi connectivity index (χ0) is 17.8. The van der Waals surface area contributed by atoms with E-state index in [0.29, 0.717) is 13.0 Å². The summed E-state index contributed by atoms with van der Waals surface area (Å²) in [6.45, 7) is 15.2. The molecule has 0 spiro atoms. The molecule has 0 aromatic carbocycles. The molecular weight excluding hydrogens is 306 g/mol. The van der Waals surface area contributed by atoms with Crippen molar-refractivity contribution in [1.29, 1.82) is 0 Å². The maximum atomic E-state index is 11.8. The molecule has 1 aliphatic heterocycles. The van der Waals surface area contributed by atoms with E-state index in [1.54, 1.807) is 0 Å². The summed E-state index contributed by atoms with van der Waals surface area (Å²) in [6.07, 6.45) is 3.81. The standard InChI is InChI=1S/C14H23N3O2.C4H8O/c1-11-10-16-13(12(11)2)9-14(18)15-3-4-17-5-7-19-8-6-17;1-3-5-4-2/h10,16H,3-9H2,1-2H3,(H,15,18);3H,1,4H2,2H3. The van der Waals surface area contributed by atoms with Gasteiger partial charge in [-0.3, -0.25) is 9.69 Å². The first kappa shape index (κ1) is 20.3. The van der Waals surface area contributed by atoms with E-state index in [1.165, 1.54) is 17.4 Å². The molecule has 0 unspecified atom stereocenters. The summed E-state index contributed by atoms with van der Waals surface area (Å²) in [5.41, 5.74) is 3.40. The summed E-state index contributed by atoms with van der Waals surface area (Å²) in [4.78, 5) is 17.3. The average molecular weight is 337 g/mol. The molecule has 6 heteroatoms. The van der Waals surface area contributed by atoms with Crippen molar-refractivity contribution < 1.29 is 14.3 Å².